The first-order valence-corrected chi connectivity index (χ1v) is 11.5. The van der Waals surface area contributed by atoms with E-state index in [2.05, 4.69) is 10.1 Å². The molecule has 0 unspecified atom stereocenters. The SMILES string of the molecule is Fc1ccc(F)c([C@H]2CCCN2c2ccn3ncc(-c4nc5cc6c(cc5[nH]4)OCCO6)c3n2)c1. The molecule has 8 nitrogen and oxygen atoms in total. The zero-order valence-electron chi connectivity index (χ0n) is 18.5. The normalized spacial score (nSPS) is 17.5. The fraction of sp³-hybridized carbons (Fsp3) is 0.240. The molecule has 3 aromatic heterocycles. The van der Waals surface area contributed by atoms with Crippen molar-refractivity contribution in [2.24, 2.45) is 0 Å². The van der Waals surface area contributed by atoms with Crippen LogP contribution in [0.25, 0.3) is 28.1 Å². The first-order valence-electron chi connectivity index (χ1n) is 11.5. The van der Waals surface area contributed by atoms with Crippen LogP contribution in [0.2, 0.25) is 0 Å². The van der Waals surface area contributed by atoms with Gasteiger partial charge in [0.05, 0.1) is 28.8 Å². The fourth-order valence-corrected chi connectivity index (χ4v) is 4.99. The van der Waals surface area contributed by atoms with E-state index in [0.717, 1.165) is 35.5 Å². The predicted molar refractivity (Wildman–Crippen MR) is 125 cm³/mol. The second-order valence-corrected chi connectivity index (χ2v) is 8.73. The number of aromatic nitrogens is 5. The van der Waals surface area contributed by atoms with E-state index in [0.29, 0.717) is 54.1 Å². The Morgan fingerprint density at radius 2 is 1.86 bits per heavy atom. The van der Waals surface area contributed by atoms with Crippen LogP contribution in [-0.4, -0.2) is 44.3 Å². The van der Waals surface area contributed by atoms with Crippen molar-refractivity contribution in [1.29, 1.82) is 0 Å². The van der Waals surface area contributed by atoms with Crippen molar-refractivity contribution in [3.05, 3.63) is 66.0 Å². The van der Waals surface area contributed by atoms with Gasteiger partial charge in [0.2, 0.25) is 0 Å². The molecule has 0 bridgehead atoms. The molecule has 0 amide bonds. The molecular weight excluding hydrogens is 454 g/mol. The lowest BCUT2D eigenvalue weighted by Crippen LogP contribution is -2.24. The van der Waals surface area contributed by atoms with E-state index in [9.17, 15) is 8.78 Å². The number of nitrogens with one attached hydrogen (secondary N) is 1. The van der Waals surface area contributed by atoms with Crippen LogP contribution in [0.3, 0.4) is 0 Å². The van der Waals surface area contributed by atoms with Gasteiger partial charge >= 0.3 is 0 Å². The molecule has 176 valence electrons. The third kappa shape index (κ3) is 3.28. The minimum Gasteiger partial charge on any atom is -0.486 e. The van der Waals surface area contributed by atoms with Crippen molar-refractivity contribution in [3.63, 3.8) is 0 Å². The third-order valence-corrected chi connectivity index (χ3v) is 6.62. The van der Waals surface area contributed by atoms with Crippen LogP contribution in [0.5, 0.6) is 11.5 Å². The molecule has 5 aromatic rings. The largest absolute Gasteiger partial charge is 0.486 e. The summed E-state index contributed by atoms with van der Waals surface area (Å²) in [5.41, 5.74) is 3.27. The third-order valence-electron chi connectivity index (χ3n) is 6.62. The van der Waals surface area contributed by atoms with Crippen LogP contribution < -0.4 is 14.4 Å². The van der Waals surface area contributed by atoms with Gasteiger partial charge in [0, 0.05) is 30.4 Å². The summed E-state index contributed by atoms with van der Waals surface area (Å²) < 4.78 is 41.5. The van der Waals surface area contributed by atoms with Gasteiger partial charge in [-0.25, -0.2) is 23.3 Å². The Hall–Kier alpha value is -4.21. The minimum atomic E-state index is -0.447. The Balaban J connectivity index is 1.29. The summed E-state index contributed by atoms with van der Waals surface area (Å²) in [6, 6.07) is 8.91. The maximum atomic E-state index is 14.6. The average molecular weight is 474 g/mol. The van der Waals surface area contributed by atoms with Gasteiger partial charge in [-0.2, -0.15) is 5.10 Å². The van der Waals surface area contributed by atoms with Gasteiger partial charge in [-0.15, -0.1) is 0 Å². The van der Waals surface area contributed by atoms with Crippen molar-refractivity contribution in [3.8, 4) is 22.9 Å². The first kappa shape index (κ1) is 20.2. The summed E-state index contributed by atoms with van der Waals surface area (Å²) in [7, 11) is 0. The standard InChI is InChI=1S/C25H20F2N6O2/c26-14-3-4-17(27)15(10-14)20-2-1-6-32(20)23-5-7-33-25(31-23)16(13-28-33)24-29-18-11-21-22(12-19(18)30-24)35-9-8-34-21/h3-5,7,10-13,20H,1-2,6,8-9H2,(H,29,30)/t20-/m1/s1. The van der Waals surface area contributed by atoms with Gasteiger partial charge in [0.25, 0.3) is 0 Å². The summed E-state index contributed by atoms with van der Waals surface area (Å²) in [4.78, 5) is 15.0. The highest BCUT2D eigenvalue weighted by Crippen LogP contribution is 2.38. The number of ether oxygens (including phenoxy) is 2. The Bertz CT molecular complexity index is 1550. The lowest BCUT2D eigenvalue weighted by molar-refractivity contribution is 0.172. The van der Waals surface area contributed by atoms with E-state index in [-0.39, 0.29) is 6.04 Å². The quantitative estimate of drug-likeness (QED) is 0.410. The van der Waals surface area contributed by atoms with E-state index < -0.39 is 11.6 Å². The van der Waals surface area contributed by atoms with Crippen LogP contribution >= 0.6 is 0 Å². The maximum absolute atomic E-state index is 14.6. The summed E-state index contributed by atoms with van der Waals surface area (Å²) in [6.07, 6.45) is 5.11. The molecule has 5 heterocycles. The fourth-order valence-electron chi connectivity index (χ4n) is 4.99. The molecule has 0 spiro atoms. The van der Waals surface area contributed by atoms with Gasteiger partial charge < -0.3 is 19.4 Å². The van der Waals surface area contributed by atoms with Crippen LogP contribution in [-0.2, 0) is 0 Å². The molecule has 1 fully saturated rings. The van der Waals surface area contributed by atoms with E-state index in [4.69, 9.17) is 19.4 Å². The van der Waals surface area contributed by atoms with Gasteiger partial charge in [-0.3, -0.25) is 0 Å². The minimum absolute atomic E-state index is 0.287. The van der Waals surface area contributed by atoms with Crippen LogP contribution in [0, 0.1) is 11.6 Å². The highest BCUT2D eigenvalue weighted by atomic mass is 19.1. The Labute approximate surface area is 198 Å². The number of rotatable bonds is 3. The smallest absolute Gasteiger partial charge is 0.168 e. The topological polar surface area (TPSA) is 80.6 Å². The van der Waals surface area contributed by atoms with Crippen molar-refractivity contribution in [2.75, 3.05) is 24.7 Å². The van der Waals surface area contributed by atoms with Crippen LogP contribution in [0.1, 0.15) is 24.4 Å². The number of imidazole rings is 1. The Morgan fingerprint density at radius 3 is 2.74 bits per heavy atom. The summed E-state index contributed by atoms with van der Waals surface area (Å²) in [5, 5.41) is 4.43. The van der Waals surface area contributed by atoms with Crippen LogP contribution in [0.15, 0.2) is 48.8 Å². The highest BCUT2D eigenvalue weighted by molar-refractivity contribution is 5.85. The maximum Gasteiger partial charge on any atom is 0.168 e. The number of H-pyrrole nitrogens is 1. The van der Waals surface area contributed by atoms with Crippen molar-refractivity contribution in [2.45, 2.75) is 18.9 Å². The summed E-state index contributed by atoms with van der Waals surface area (Å²) in [5.74, 6) is 1.80. The number of hydrogen-bond donors (Lipinski definition) is 1. The molecule has 7 rings (SSSR count). The molecule has 1 atom stereocenters. The molecule has 2 aliphatic rings. The summed E-state index contributed by atoms with van der Waals surface area (Å²) >= 11 is 0. The average Bonchev–Trinajstić information content (AvgIpc) is 3.61. The van der Waals surface area contributed by atoms with Crippen molar-refractivity contribution >= 4 is 22.5 Å². The molecule has 0 aliphatic carbocycles. The number of nitrogens with zero attached hydrogens (tertiary/aromatic N) is 5. The van der Waals surface area contributed by atoms with E-state index in [1.54, 1.807) is 10.7 Å². The lowest BCUT2D eigenvalue weighted by atomic mass is 10.0. The van der Waals surface area contributed by atoms with Gasteiger partial charge in [0.15, 0.2) is 17.1 Å². The number of aromatic amines is 1. The molecule has 10 heteroatoms. The van der Waals surface area contributed by atoms with E-state index in [1.165, 1.54) is 12.1 Å². The first-order chi connectivity index (χ1) is 17.1. The zero-order valence-corrected chi connectivity index (χ0v) is 18.5. The van der Waals surface area contributed by atoms with Crippen molar-refractivity contribution in [1.82, 2.24) is 24.6 Å². The number of fused-ring (bicyclic) bond motifs is 3. The Morgan fingerprint density at radius 1 is 1.00 bits per heavy atom. The van der Waals surface area contributed by atoms with Gasteiger partial charge in [0.1, 0.15) is 36.5 Å². The molecule has 0 saturated carbocycles. The number of benzene rings is 2. The number of halogens is 2. The van der Waals surface area contributed by atoms with E-state index in [1.807, 2.05) is 29.3 Å². The zero-order chi connectivity index (χ0) is 23.5. The molecule has 2 aromatic carbocycles. The molecule has 1 N–H and O–H groups in total. The molecule has 35 heavy (non-hydrogen) atoms. The predicted octanol–water partition coefficient (Wildman–Crippen LogP) is 4.66. The molecule has 0 radical (unpaired) electrons. The lowest BCUT2D eigenvalue weighted by Gasteiger charge is -2.26. The van der Waals surface area contributed by atoms with Gasteiger partial charge in [-0.1, -0.05) is 0 Å². The Kier molecular flexibility index (Phi) is 4.42. The van der Waals surface area contributed by atoms with Gasteiger partial charge in [-0.05, 0) is 37.1 Å². The van der Waals surface area contributed by atoms with E-state index >= 15 is 0 Å². The highest BCUT2D eigenvalue weighted by Gasteiger charge is 2.30. The number of hydrogen-bond acceptors (Lipinski definition) is 6. The van der Waals surface area contributed by atoms with Crippen molar-refractivity contribution < 1.29 is 18.3 Å². The second-order valence-electron chi connectivity index (χ2n) is 8.73. The monoisotopic (exact) mass is 474 g/mol. The molecule has 1 saturated heterocycles. The second kappa shape index (κ2) is 7.66. The molecular formula is C25H20F2N6O2. The summed E-state index contributed by atoms with van der Waals surface area (Å²) in [6.45, 7) is 1.72. The van der Waals surface area contributed by atoms with Crippen LogP contribution in [0.4, 0.5) is 14.6 Å². The molecule has 2 aliphatic heterocycles. The number of anilines is 1.